The second-order valence-electron chi connectivity index (χ2n) is 4.94. The first kappa shape index (κ1) is 10.7. The van der Waals surface area contributed by atoms with Gasteiger partial charge in [-0.15, -0.1) is 0 Å². The second kappa shape index (κ2) is 4.40. The van der Waals surface area contributed by atoms with Crippen LogP contribution in [0, 0.1) is 18.8 Å². The maximum atomic E-state index is 10.2. The highest BCUT2D eigenvalue weighted by atomic mass is 16.4. The number of hydrogen-bond acceptors (Lipinski definition) is 2. The maximum absolute atomic E-state index is 10.2. The van der Waals surface area contributed by atoms with Crippen LogP contribution in [0.1, 0.15) is 50.0 Å². The molecule has 1 fully saturated rings. The zero-order chi connectivity index (χ0) is 10.8. The molecule has 2 nitrogen and oxygen atoms in total. The molecule has 0 spiro atoms. The summed E-state index contributed by atoms with van der Waals surface area (Å²) in [5.74, 6) is 1.90. The van der Waals surface area contributed by atoms with Crippen molar-refractivity contribution in [1.82, 2.24) is 0 Å². The van der Waals surface area contributed by atoms with E-state index in [0.29, 0.717) is 5.92 Å². The van der Waals surface area contributed by atoms with Crippen LogP contribution in [-0.4, -0.2) is 5.11 Å². The van der Waals surface area contributed by atoms with E-state index in [1.807, 2.05) is 13.0 Å². The Morgan fingerprint density at radius 3 is 2.87 bits per heavy atom. The lowest BCUT2D eigenvalue weighted by Crippen LogP contribution is -2.20. The van der Waals surface area contributed by atoms with Crippen molar-refractivity contribution >= 4 is 0 Å². The lowest BCUT2D eigenvalue weighted by atomic mass is 9.79. The monoisotopic (exact) mass is 208 g/mol. The topological polar surface area (TPSA) is 33.4 Å². The summed E-state index contributed by atoms with van der Waals surface area (Å²) in [7, 11) is 0. The predicted octanol–water partition coefficient (Wildman–Crippen LogP) is 3.45. The Labute approximate surface area is 91.3 Å². The highest BCUT2D eigenvalue weighted by Crippen LogP contribution is 2.37. The second-order valence-corrected chi connectivity index (χ2v) is 4.94. The van der Waals surface area contributed by atoms with Gasteiger partial charge < -0.3 is 9.52 Å². The quantitative estimate of drug-likeness (QED) is 0.807. The fourth-order valence-electron chi connectivity index (χ4n) is 2.67. The third-order valence-electron chi connectivity index (χ3n) is 3.59. The molecule has 0 amide bonds. The largest absolute Gasteiger partial charge is 0.466 e. The molecule has 1 heterocycles. The zero-order valence-corrected chi connectivity index (χ0v) is 9.57. The van der Waals surface area contributed by atoms with E-state index in [0.717, 1.165) is 30.1 Å². The summed E-state index contributed by atoms with van der Waals surface area (Å²) in [4.78, 5) is 0. The number of aliphatic hydroxyl groups is 1. The normalized spacial score (nSPS) is 29.0. The molecule has 0 saturated heterocycles. The van der Waals surface area contributed by atoms with E-state index >= 15 is 0 Å². The van der Waals surface area contributed by atoms with E-state index in [-0.39, 0.29) is 0 Å². The highest BCUT2D eigenvalue weighted by Gasteiger charge is 2.28. The molecule has 0 bridgehead atoms. The first-order valence-electron chi connectivity index (χ1n) is 5.90. The van der Waals surface area contributed by atoms with Gasteiger partial charge in [-0.1, -0.05) is 19.8 Å². The molecular formula is C13H20O2. The van der Waals surface area contributed by atoms with Crippen molar-refractivity contribution in [2.24, 2.45) is 11.8 Å². The highest BCUT2D eigenvalue weighted by molar-refractivity contribution is 5.17. The van der Waals surface area contributed by atoms with Crippen molar-refractivity contribution in [2.75, 3.05) is 0 Å². The van der Waals surface area contributed by atoms with Gasteiger partial charge in [-0.2, -0.15) is 0 Å². The van der Waals surface area contributed by atoms with Gasteiger partial charge in [-0.3, -0.25) is 0 Å². The third-order valence-corrected chi connectivity index (χ3v) is 3.59. The van der Waals surface area contributed by atoms with Crippen LogP contribution in [0.2, 0.25) is 0 Å². The Balaban J connectivity index is 2.07. The smallest absolute Gasteiger partial charge is 0.135 e. The summed E-state index contributed by atoms with van der Waals surface area (Å²) < 4.78 is 5.36. The van der Waals surface area contributed by atoms with Crippen molar-refractivity contribution in [2.45, 2.75) is 45.6 Å². The summed E-state index contributed by atoms with van der Waals surface area (Å²) >= 11 is 0. The molecular weight excluding hydrogens is 188 g/mol. The molecule has 1 N–H and O–H groups in total. The van der Waals surface area contributed by atoms with Gasteiger partial charge in [-0.05, 0) is 43.2 Å². The van der Waals surface area contributed by atoms with Gasteiger partial charge in [0.25, 0.3) is 0 Å². The molecule has 1 aliphatic rings. The van der Waals surface area contributed by atoms with Crippen molar-refractivity contribution in [3.05, 3.63) is 23.7 Å². The summed E-state index contributed by atoms with van der Waals surface area (Å²) in [6, 6.07) is 1.92. The molecule has 1 aromatic rings. The summed E-state index contributed by atoms with van der Waals surface area (Å²) in [5, 5.41) is 10.2. The third kappa shape index (κ3) is 2.25. The van der Waals surface area contributed by atoms with Gasteiger partial charge in [0, 0.05) is 0 Å². The van der Waals surface area contributed by atoms with E-state index < -0.39 is 6.10 Å². The standard InChI is InChI=1S/C13H20O2/c1-9-4-3-5-11(8-9)12(14)13-10(2)6-7-15-13/h6-7,9,11-12,14H,3-5,8H2,1-2H3. The molecule has 15 heavy (non-hydrogen) atoms. The molecule has 3 unspecified atom stereocenters. The average molecular weight is 208 g/mol. The molecule has 1 aliphatic carbocycles. The Morgan fingerprint density at radius 1 is 1.47 bits per heavy atom. The molecule has 1 saturated carbocycles. The molecule has 0 aliphatic heterocycles. The van der Waals surface area contributed by atoms with Crippen LogP contribution in [0.4, 0.5) is 0 Å². The Morgan fingerprint density at radius 2 is 2.27 bits per heavy atom. The van der Waals surface area contributed by atoms with E-state index in [1.54, 1.807) is 6.26 Å². The van der Waals surface area contributed by atoms with E-state index in [2.05, 4.69) is 6.92 Å². The number of rotatable bonds is 2. The fourth-order valence-corrected chi connectivity index (χ4v) is 2.67. The SMILES string of the molecule is Cc1ccoc1C(O)C1CCCC(C)C1. The number of aliphatic hydroxyl groups excluding tert-OH is 1. The van der Waals surface area contributed by atoms with Crippen LogP contribution >= 0.6 is 0 Å². The van der Waals surface area contributed by atoms with Crippen LogP contribution in [0.3, 0.4) is 0 Å². The first-order chi connectivity index (χ1) is 7.18. The van der Waals surface area contributed by atoms with Crippen LogP contribution in [0.5, 0.6) is 0 Å². The average Bonchev–Trinajstić information content (AvgIpc) is 2.63. The lowest BCUT2D eigenvalue weighted by molar-refractivity contribution is 0.0531. The van der Waals surface area contributed by atoms with Crippen molar-refractivity contribution in [3.63, 3.8) is 0 Å². The molecule has 0 radical (unpaired) electrons. The minimum Gasteiger partial charge on any atom is -0.466 e. The van der Waals surface area contributed by atoms with Gasteiger partial charge in [0.15, 0.2) is 0 Å². The number of hydrogen-bond donors (Lipinski definition) is 1. The van der Waals surface area contributed by atoms with Crippen molar-refractivity contribution < 1.29 is 9.52 Å². The van der Waals surface area contributed by atoms with Gasteiger partial charge in [0.05, 0.1) is 6.26 Å². The number of furan rings is 1. The number of aryl methyl sites for hydroxylation is 1. The van der Waals surface area contributed by atoms with E-state index in [1.165, 1.54) is 12.8 Å². The van der Waals surface area contributed by atoms with Crippen LogP contribution in [-0.2, 0) is 0 Å². The molecule has 2 heteroatoms. The minimum atomic E-state index is -0.400. The van der Waals surface area contributed by atoms with Gasteiger partial charge in [-0.25, -0.2) is 0 Å². The molecule has 0 aromatic carbocycles. The van der Waals surface area contributed by atoms with Crippen LogP contribution < -0.4 is 0 Å². The molecule has 84 valence electrons. The molecule has 3 atom stereocenters. The Hall–Kier alpha value is -0.760. The van der Waals surface area contributed by atoms with Crippen molar-refractivity contribution in [1.29, 1.82) is 0 Å². The Bertz CT molecular complexity index is 316. The molecule has 2 rings (SSSR count). The maximum Gasteiger partial charge on any atom is 0.135 e. The van der Waals surface area contributed by atoms with Crippen LogP contribution in [0.25, 0.3) is 0 Å². The fraction of sp³-hybridized carbons (Fsp3) is 0.692. The summed E-state index contributed by atoms with van der Waals surface area (Å²) in [5.41, 5.74) is 1.07. The van der Waals surface area contributed by atoms with E-state index in [9.17, 15) is 5.11 Å². The lowest BCUT2D eigenvalue weighted by Gasteiger charge is -2.29. The van der Waals surface area contributed by atoms with Gasteiger partial charge >= 0.3 is 0 Å². The summed E-state index contributed by atoms with van der Waals surface area (Å²) in [6.07, 6.45) is 6.07. The van der Waals surface area contributed by atoms with Gasteiger partial charge in [0.1, 0.15) is 11.9 Å². The van der Waals surface area contributed by atoms with Crippen LogP contribution in [0.15, 0.2) is 16.7 Å². The zero-order valence-electron chi connectivity index (χ0n) is 9.57. The predicted molar refractivity (Wildman–Crippen MR) is 59.5 cm³/mol. The minimum absolute atomic E-state index is 0.388. The Kier molecular flexibility index (Phi) is 3.15. The molecule has 1 aromatic heterocycles. The van der Waals surface area contributed by atoms with Gasteiger partial charge in [0.2, 0.25) is 0 Å². The summed E-state index contributed by atoms with van der Waals surface area (Å²) in [6.45, 7) is 4.27. The van der Waals surface area contributed by atoms with E-state index in [4.69, 9.17) is 4.42 Å². The first-order valence-corrected chi connectivity index (χ1v) is 5.90. The van der Waals surface area contributed by atoms with Crippen molar-refractivity contribution in [3.8, 4) is 0 Å².